The maximum Gasteiger partial charge on any atom is 0.232 e. The summed E-state index contributed by atoms with van der Waals surface area (Å²) in [4.78, 5) is 4.11. The Morgan fingerprint density at radius 2 is 2.12 bits per heavy atom. The second-order valence-electron chi connectivity index (χ2n) is 4.38. The summed E-state index contributed by atoms with van der Waals surface area (Å²) < 4.78 is 5.86. The van der Waals surface area contributed by atoms with Gasteiger partial charge < -0.3 is 10.5 Å². The summed E-state index contributed by atoms with van der Waals surface area (Å²) in [6, 6.07) is 1.64. The van der Waals surface area contributed by atoms with Crippen LogP contribution in [0.2, 0.25) is 10.0 Å². The number of hydrogen-bond acceptors (Lipinski definition) is 3. The van der Waals surface area contributed by atoms with Gasteiger partial charge in [0.05, 0.1) is 5.02 Å². The summed E-state index contributed by atoms with van der Waals surface area (Å²) in [5, 5.41) is 0.972. The molecule has 0 spiro atoms. The third-order valence-electron chi connectivity index (χ3n) is 3.18. The van der Waals surface area contributed by atoms with Crippen LogP contribution in [-0.4, -0.2) is 17.6 Å². The monoisotopic (exact) mass is 274 g/mol. The smallest absolute Gasteiger partial charge is 0.232 e. The molecule has 2 rings (SSSR count). The van der Waals surface area contributed by atoms with E-state index in [4.69, 9.17) is 33.7 Å². The molecule has 0 aromatic carbocycles. The number of rotatable bonds is 3. The van der Waals surface area contributed by atoms with E-state index in [1.54, 1.807) is 12.3 Å². The number of ether oxygens (including phenoxy) is 1. The summed E-state index contributed by atoms with van der Waals surface area (Å²) in [5.74, 6) is 0.860. The molecule has 2 atom stereocenters. The van der Waals surface area contributed by atoms with E-state index in [-0.39, 0.29) is 6.10 Å². The highest BCUT2D eigenvalue weighted by Gasteiger charge is 2.26. The van der Waals surface area contributed by atoms with Gasteiger partial charge >= 0.3 is 0 Å². The SMILES string of the molecule is NCC1CCCCC1Oc1ncc(Cl)cc1Cl. The van der Waals surface area contributed by atoms with Crippen molar-refractivity contribution in [3.05, 3.63) is 22.3 Å². The third-order valence-corrected chi connectivity index (χ3v) is 3.66. The molecule has 1 heterocycles. The highest BCUT2D eigenvalue weighted by atomic mass is 35.5. The number of nitrogens with two attached hydrogens (primary N) is 1. The minimum Gasteiger partial charge on any atom is -0.473 e. The van der Waals surface area contributed by atoms with Gasteiger partial charge in [0.2, 0.25) is 5.88 Å². The molecule has 0 amide bonds. The molecule has 2 unspecified atom stereocenters. The van der Waals surface area contributed by atoms with E-state index in [2.05, 4.69) is 4.98 Å². The van der Waals surface area contributed by atoms with E-state index in [1.165, 1.54) is 12.8 Å². The topological polar surface area (TPSA) is 48.1 Å². The Morgan fingerprint density at radius 3 is 2.82 bits per heavy atom. The fourth-order valence-corrected chi connectivity index (χ4v) is 2.66. The Bertz CT molecular complexity index is 387. The van der Waals surface area contributed by atoms with Gasteiger partial charge in [-0.3, -0.25) is 0 Å². The van der Waals surface area contributed by atoms with E-state index in [9.17, 15) is 0 Å². The van der Waals surface area contributed by atoms with Crippen LogP contribution in [0.3, 0.4) is 0 Å². The van der Waals surface area contributed by atoms with Crippen LogP contribution in [0, 0.1) is 5.92 Å². The van der Waals surface area contributed by atoms with Crippen molar-refractivity contribution >= 4 is 23.2 Å². The van der Waals surface area contributed by atoms with Crippen LogP contribution >= 0.6 is 23.2 Å². The minimum atomic E-state index is 0.125. The molecular weight excluding hydrogens is 259 g/mol. The summed E-state index contributed by atoms with van der Waals surface area (Å²) in [6.07, 6.45) is 6.20. The number of hydrogen-bond donors (Lipinski definition) is 1. The van der Waals surface area contributed by atoms with Crippen LogP contribution in [0.25, 0.3) is 0 Å². The van der Waals surface area contributed by atoms with Gasteiger partial charge in [-0.2, -0.15) is 0 Å². The Morgan fingerprint density at radius 1 is 1.35 bits per heavy atom. The summed E-state index contributed by atoms with van der Waals surface area (Å²) in [7, 11) is 0. The normalized spacial score (nSPS) is 24.6. The highest BCUT2D eigenvalue weighted by molar-refractivity contribution is 6.35. The quantitative estimate of drug-likeness (QED) is 0.920. The van der Waals surface area contributed by atoms with Gasteiger partial charge in [0.15, 0.2) is 0 Å². The number of pyridine rings is 1. The molecule has 0 saturated heterocycles. The zero-order valence-electron chi connectivity index (χ0n) is 9.53. The van der Waals surface area contributed by atoms with Gasteiger partial charge in [-0.25, -0.2) is 4.98 Å². The molecule has 1 aliphatic carbocycles. The van der Waals surface area contributed by atoms with Crippen molar-refractivity contribution in [2.75, 3.05) is 6.54 Å². The predicted molar refractivity (Wildman–Crippen MR) is 69.7 cm³/mol. The van der Waals surface area contributed by atoms with Crippen molar-refractivity contribution in [1.29, 1.82) is 0 Å². The van der Waals surface area contributed by atoms with Crippen LogP contribution in [0.15, 0.2) is 12.3 Å². The molecule has 1 aromatic heterocycles. The highest BCUT2D eigenvalue weighted by Crippen LogP contribution is 2.31. The average Bonchev–Trinajstić information content (AvgIpc) is 2.33. The molecule has 0 radical (unpaired) electrons. The Kier molecular flexibility index (Phi) is 4.48. The fraction of sp³-hybridized carbons (Fsp3) is 0.583. The molecule has 1 saturated carbocycles. The molecule has 3 nitrogen and oxygen atoms in total. The van der Waals surface area contributed by atoms with Crippen molar-refractivity contribution in [2.45, 2.75) is 31.8 Å². The lowest BCUT2D eigenvalue weighted by Gasteiger charge is -2.30. The van der Waals surface area contributed by atoms with E-state index >= 15 is 0 Å². The van der Waals surface area contributed by atoms with E-state index in [0.717, 1.165) is 12.8 Å². The molecule has 17 heavy (non-hydrogen) atoms. The maximum atomic E-state index is 6.04. The standard InChI is InChI=1S/C12H16Cl2N2O/c13-9-5-10(14)12(16-7-9)17-11-4-2-1-3-8(11)6-15/h5,7-8,11H,1-4,6,15H2. The lowest BCUT2D eigenvalue weighted by Crippen LogP contribution is -2.35. The van der Waals surface area contributed by atoms with Crippen molar-refractivity contribution in [3.63, 3.8) is 0 Å². The number of aromatic nitrogens is 1. The zero-order valence-corrected chi connectivity index (χ0v) is 11.0. The molecule has 2 N–H and O–H groups in total. The Balaban J connectivity index is 2.08. The van der Waals surface area contributed by atoms with Crippen LogP contribution in [-0.2, 0) is 0 Å². The van der Waals surface area contributed by atoms with Crippen LogP contribution in [0.1, 0.15) is 25.7 Å². The molecule has 5 heteroatoms. The van der Waals surface area contributed by atoms with E-state index in [0.29, 0.717) is 28.4 Å². The second kappa shape index (κ2) is 5.89. The third kappa shape index (κ3) is 3.24. The number of nitrogens with zero attached hydrogens (tertiary/aromatic N) is 1. The van der Waals surface area contributed by atoms with Crippen molar-refractivity contribution in [2.24, 2.45) is 11.7 Å². The molecular formula is C12H16Cl2N2O. The van der Waals surface area contributed by atoms with Crippen molar-refractivity contribution in [3.8, 4) is 5.88 Å². The Labute approximate surface area is 111 Å². The first-order chi connectivity index (χ1) is 8.20. The fourth-order valence-electron chi connectivity index (χ4n) is 2.23. The van der Waals surface area contributed by atoms with Gasteiger partial charge in [0, 0.05) is 12.1 Å². The summed E-state index contributed by atoms with van der Waals surface area (Å²) in [6.45, 7) is 0.649. The first-order valence-corrected chi connectivity index (χ1v) is 6.64. The largest absolute Gasteiger partial charge is 0.473 e. The molecule has 1 fully saturated rings. The Hall–Kier alpha value is -0.510. The lowest BCUT2D eigenvalue weighted by atomic mass is 9.86. The number of halogens is 2. The van der Waals surface area contributed by atoms with Crippen LogP contribution in [0.5, 0.6) is 5.88 Å². The van der Waals surface area contributed by atoms with E-state index in [1.807, 2.05) is 0 Å². The van der Waals surface area contributed by atoms with Gasteiger partial charge in [0.1, 0.15) is 11.1 Å². The van der Waals surface area contributed by atoms with Gasteiger partial charge in [-0.1, -0.05) is 29.6 Å². The molecule has 1 aromatic rings. The molecule has 1 aliphatic rings. The van der Waals surface area contributed by atoms with E-state index < -0.39 is 0 Å². The van der Waals surface area contributed by atoms with Crippen molar-refractivity contribution in [1.82, 2.24) is 4.98 Å². The molecule has 94 valence electrons. The summed E-state index contributed by atoms with van der Waals surface area (Å²) in [5.41, 5.74) is 5.75. The van der Waals surface area contributed by atoms with Gasteiger partial charge in [-0.15, -0.1) is 0 Å². The second-order valence-corrected chi connectivity index (χ2v) is 5.22. The van der Waals surface area contributed by atoms with Crippen molar-refractivity contribution < 1.29 is 4.74 Å². The first kappa shape index (κ1) is 12.9. The first-order valence-electron chi connectivity index (χ1n) is 5.88. The predicted octanol–water partition coefficient (Wildman–Crippen LogP) is 3.28. The minimum absolute atomic E-state index is 0.125. The lowest BCUT2D eigenvalue weighted by molar-refractivity contribution is 0.0924. The van der Waals surface area contributed by atoms with Crippen LogP contribution in [0.4, 0.5) is 0 Å². The maximum absolute atomic E-state index is 6.04. The zero-order chi connectivity index (χ0) is 12.3. The van der Waals surface area contributed by atoms with Gasteiger partial charge in [-0.05, 0) is 31.9 Å². The summed E-state index contributed by atoms with van der Waals surface area (Å²) >= 11 is 11.8. The molecule has 0 aliphatic heterocycles. The molecule has 0 bridgehead atoms. The van der Waals surface area contributed by atoms with Crippen LogP contribution < -0.4 is 10.5 Å². The van der Waals surface area contributed by atoms with Gasteiger partial charge in [0.25, 0.3) is 0 Å². The average molecular weight is 275 g/mol.